The van der Waals surface area contributed by atoms with Crippen LogP contribution in [0.25, 0.3) is 0 Å². The first kappa shape index (κ1) is 16.4. The maximum absolute atomic E-state index is 10.0. The predicted octanol–water partition coefficient (Wildman–Crippen LogP) is 3.80. The molecule has 0 amide bonds. The Morgan fingerprint density at radius 2 is 1.14 bits per heavy atom. The quantitative estimate of drug-likeness (QED) is 0.650. The van der Waals surface area contributed by atoms with Crippen LogP contribution in [0.3, 0.4) is 0 Å². The smallest absolute Gasteiger partial charge is 0.115 e. The van der Waals surface area contributed by atoms with Crippen molar-refractivity contribution in [1.82, 2.24) is 0 Å². The van der Waals surface area contributed by atoms with E-state index in [0.29, 0.717) is 5.75 Å². The van der Waals surface area contributed by atoms with Crippen molar-refractivity contribution in [3.63, 3.8) is 0 Å². The number of aryl methyl sites for hydroxylation is 2. The molecule has 0 saturated carbocycles. The highest BCUT2D eigenvalue weighted by molar-refractivity contribution is 5.26. The molecule has 1 atom stereocenters. The van der Waals surface area contributed by atoms with E-state index >= 15 is 0 Å². The van der Waals surface area contributed by atoms with Gasteiger partial charge in [0.2, 0.25) is 0 Å². The molecule has 0 aliphatic carbocycles. The molecule has 0 heterocycles. The van der Waals surface area contributed by atoms with Crippen molar-refractivity contribution in [2.45, 2.75) is 44.6 Å². The lowest BCUT2D eigenvalue weighted by Gasteiger charge is -2.10. The van der Waals surface area contributed by atoms with Crippen LogP contribution >= 0.6 is 0 Å². The Labute approximate surface area is 131 Å². The zero-order chi connectivity index (χ0) is 15.8. The van der Waals surface area contributed by atoms with Crippen molar-refractivity contribution in [3.8, 4) is 11.5 Å². The molecule has 0 radical (unpaired) electrons. The van der Waals surface area contributed by atoms with Gasteiger partial charge in [0.05, 0.1) is 6.10 Å². The number of benzene rings is 2. The molecule has 3 nitrogen and oxygen atoms in total. The van der Waals surface area contributed by atoms with Gasteiger partial charge in [-0.25, -0.2) is 0 Å². The predicted molar refractivity (Wildman–Crippen MR) is 88.1 cm³/mol. The Hall–Kier alpha value is -2.00. The molecule has 0 aliphatic heterocycles. The number of aromatic hydroxyl groups is 2. The lowest BCUT2D eigenvalue weighted by atomic mass is 10.0. The second-order valence-electron chi connectivity index (χ2n) is 5.77. The van der Waals surface area contributed by atoms with Gasteiger partial charge in [-0.2, -0.15) is 0 Å². The molecule has 0 bridgehead atoms. The first-order valence-electron chi connectivity index (χ1n) is 7.87. The normalized spacial score (nSPS) is 12.2. The zero-order valence-corrected chi connectivity index (χ0v) is 12.8. The van der Waals surface area contributed by atoms with Gasteiger partial charge in [-0.1, -0.05) is 30.7 Å². The average Bonchev–Trinajstić information content (AvgIpc) is 2.53. The molecule has 2 aromatic carbocycles. The van der Waals surface area contributed by atoms with Crippen LogP contribution in [-0.2, 0) is 12.8 Å². The van der Waals surface area contributed by atoms with E-state index < -0.39 is 0 Å². The van der Waals surface area contributed by atoms with Crippen molar-refractivity contribution < 1.29 is 15.3 Å². The van der Waals surface area contributed by atoms with Crippen LogP contribution < -0.4 is 0 Å². The minimum atomic E-state index is -0.270. The van der Waals surface area contributed by atoms with Gasteiger partial charge in [0.1, 0.15) is 11.5 Å². The van der Waals surface area contributed by atoms with E-state index in [2.05, 4.69) is 0 Å². The molecule has 118 valence electrons. The van der Waals surface area contributed by atoms with Crippen LogP contribution in [0, 0.1) is 0 Å². The fourth-order valence-corrected chi connectivity index (χ4v) is 2.51. The molecule has 0 saturated heterocycles. The molecule has 0 aliphatic rings. The molecule has 2 aromatic rings. The van der Waals surface area contributed by atoms with Gasteiger partial charge in [-0.15, -0.1) is 0 Å². The Balaban J connectivity index is 1.60. The van der Waals surface area contributed by atoms with Crippen molar-refractivity contribution in [2.24, 2.45) is 0 Å². The van der Waals surface area contributed by atoms with Gasteiger partial charge in [-0.05, 0) is 67.5 Å². The van der Waals surface area contributed by atoms with E-state index in [9.17, 15) is 15.3 Å². The van der Waals surface area contributed by atoms with Gasteiger partial charge in [0, 0.05) is 0 Å². The minimum absolute atomic E-state index is 0.270. The fourth-order valence-electron chi connectivity index (χ4n) is 2.51. The lowest BCUT2D eigenvalue weighted by molar-refractivity contribution is 0.151. The summed E-state index contributed by atoms with van der Waals surface area (Å²) in [4.78, 5) is 0. The zero-order valence-electron chi connectivity index (χ0n) is 12.8. The average molecular weight is 300 g/mol. The second kappa shape index (κ2) is 8.44. The van der Waals surface area contributed by atoms with Crippen LogP contribution in [0.5, 0.6) is 11.5 Å². The highest BCUT2D eigenvalue weighted by Gasteiger charge is 2.05. The van der Waals surface area contributed by atoms with Crippen molar-refractivity contribution in [2.75, 3.05) is 0 Å². The van der Waals surface area contributed by atoms with E-state index in [1.165, 1.54) is 5.56 Å². The second-order valence-corrected chi connectivity index (χ2v) is 5.77. The number of unbranched alkanes of at least 4 members (excludes halogenated alkanes) is 1. The Bertz CT molecular complexity index is 546. The highest BCUT2D eigenvalue weighted by Crippen LogP contribution is 2.15. The van der Waals surface area contributed by atoms with Crippen molar-refractivity contribution in [3.05, 3.63) is 59.7 Å². The van der Waals surface area contributed by atoms with E-state index in [1.807, 2.05) is 24.3 Å². The summed E-state index contributed by atoms with van der Waals surface area (Å²) < 4.78 is 0. The van der Waals surface area contributed by atoms with E-state index in [0.717, 1.165) is 44.1 Å². The molecule has 0 unspecified atom stereocenters. The Kier molecular flexibility index (Phi) is 6.28. The Morgan fingerprint density at radius 3 is 1.68 bits per heavy atom. The van der Waals surface area contributed by atoms with Gasteiger partial charge >= 0.3 is 0 Å². The van der Waals surface area contributed by atoms with Gasteiger partial charge < -0.3 is 15.3 Å². The summed E-state index contributed by atoms with van der Waals surface area (Å²) in [6.07, 6.45) is 5.15. The van der Waals surface area contributed by atoms with Gasteiger partial charge in [0.25, 0.3) is 0 Å². The first-order valence-corrected chi connectivity index (χ1v) is 7.87. The topological polar surface area (TPSA) is 60.7 Å². The third-order valence-electron chi connectivity index (χ3n) is 3.89. The van der Waals surface area contributed by atoms with Crippen molar-refractivity contribution in [1.29, 1.82) is 0 Å². The number of aliphatic hydroxyl groups is 1. The number of hydrogen-bond donors (Lipinski definition) is 3. The largest absolute Gasteiger partial charge is 0.508 e. The molecule has 3 N–H and O–H groups in total. The summed E-state index contributed by atoms with van der Waals surface area (Å²) in [5.41, 5.74) is 2.36. The van der Waals surface area contributed by atoms with Gasteiger partial charge in [0.15, 0.2) is 0 Å². The summed E-state index contributed by atoms with van der Waals surface area (Å²) in [5.74, 6) is 0.576. The van der Waals surface area contributed by atoms with Gasteiger partial charge in [-0.3, -0.25) is 0 Å². The van der Waals surface area contributed by atoms with E-state index in [1.54, 1.807) is 24.3 Å². The summed E-state index contributed by atoms with van der Waals surface area (Å²) in [6, 6.07) is 14.5. The number of rotatable bonds is 8. The minimum Gasteiger partial charge on any atom is -0.508 e. The van der Waals surface area contributed by atoms with Crippen LogP contribution in [0.4, 0.5) is 0 Å². The summed E-state index contributed by atoms with van der Waals surface area (Å²) in [6.45, 7) is 0. The Morgan fingerprint density at radius 1 is 0.636 bits per heavy atom. The highest BCUT2D eigenvalue weighted by atomic mass is 16.3. The number of hydrogen-bond acceptors (Lipinski definition) is 3. The molecular formula is C19H24O3. The SMILES string of the molecule is Oc1ccc(CCCC[C@H](O)CCc2ccc(O)cc2)cc1. The third kappa shape index (κ3) is 5.78. The van der Waals surface area contributed by atoms with Crippen LogP contribution in [0.15, 0.2) is 48.5 Å². The molecule has 0 aromatic heterocycles. The number of phenols is 2. The molecule has 0 fully saturated rings. The fraction of sp³-hybridized carbons (Fsp3) is 0.368. The van der Waals surface area contributed by atoms with E-state index in [-0.39, 0.29) is 11.9 Å². The summed E-state index contributed by atoms with van der Waals surface area (Å²) >= 11 is 0. The van der Waals surface area contributed by atoms with Crippen LogP contribution in [-0.4, -0.2) is 21.4 Å². The third-order valence-corrected chi connectivity index (χ3v) is 3.89. The first-order chi connectivity index (χ1) is 10.6. The summed E-state index contributed by atoms with van der Waals surface area (Å²) in [5, 5.41) is 28.5. The standard InChI is InChI=1S/C19H24O3/c20-17(10-7-16-8-13-19(22)14-9-16)4-2-1-3-15-5-11-18(21)12-6-15/h5-6,8-9,11-14,17,20-22H,1-4,7,10H2/t17-/m0/s1. The molecule has 22 heavy (non-hydrogen) atoms. The van der Waals surface area contributed by atoms with Crippen LogP contribution in [0.2, 0.25) is 0 Å². The van der Waals surface area contributed by atoms with E-state index in [4.69, 9.17) is 0 Å². The maximum atomic E-state index is 10.0. The molecule has 0 spiro atoms. The molecule has 2 rings (SSSR count). The monoisotopic (exact) mass is 300 g/mol. The molecule has 3 heteroatoms. The number of phenolic OH excluding ortho intramolecular Hbond substituents is 2. The van der Waals surface area contributed by atoms with Crippen molar-refractivity contribution >= 4 is 0 Å². The number of aliphatic hydroxyl groups excluding tert-OH is 1. The summed E-state index contributed by atoms with van der Waals surface area (Å²) in [7, 11) is 0. The maximum Gasteiger partial charge on any atom is 0.115 e. The lowest BCUT2D eigenvalue weighted by Crippen LogP contribution is -2.08. The van der Waals surface area contributed by atoms with Crippen LogP contribution in [0.1, 0.15) is 36.8 Å². The molecular weight excluding hydrogens is 276 g/mol.